The molecule has 0 saturated carbocycles. The van der Waals surface area contributed by atoms with Crippen molar-refractivity contribution < 1.29 is 0 Å². The van der Waals surface area contributed by atoms with Crippen LogP contribution in [0.3, 0.4) is 0 Å². The summed E-state index contributed by atoms with van der Waals surface area (Å²) < 4.78 is 1.13. The van der Waals surface area contributed by atoms with Crippen molar-refractivity contribution in [2.75, 3.05) is 0 Å². The van der Waals surface area contributed by atoms with E-state index in [9.17, 15) is 9.59 Å². The van der Waals surface area contributed by atoms with Gasteiger partial charge >= 0.3 is 11.4 Å². The van der Waals surface area contributed by atoms with Gasteiger partial charge in [0.2, 0.25) is 4.96 Å². The quantitative estimate of drug-likeness (QED) is 0.784. The Balaban J connectivity index is 2.60. The number of nitrogens with zero attached hydrogens (tertiary/aromatic N) is 3. The van der Waals surface area contributed by atoms with Gasteiger partial charge in [0, 0.05) is 6.42 Å². The summed E-state index contributed by atoms with van der Waals surface area (Å²) in [4.78, 5) is 28.3. The lowest BCUT2D eigenvalue weighted by molar-refractivity contribution is 0.633. The minimum Gasteiger partial charge on any atom is -0.256 e. The third kappa shape index (κ3) is 1.96. The third-order valence-electron chi connectivity index (χ3n) is 1.79. The van der Waals surface area contributed by atoms with Gasteiger partial charge in [0.1, 0.15) is 5.01 Å². The molecule has 0 aromatic carbocycles. The molecule has 0 bridgehead atoms. The van der Waals surface area contributed by atoms with Gasteiger partial charge < -0.3 is 0 Å². The zero-order chi connectivity index (χ0) is 11.0. The van der Waals surface area contributed by atoms with Gasteiger partial charge in [0.05, 0.1) is 0 Å². The Morgan fingerprint density at radius 2 is 2.20 bits per heavy atom. The van der Waals surface area contributed by atoms with E-state index >= 15 is 0 Å². The summed E-state index contributed by atoms with van der Waals surface area (Å²) in [7, 11) is 0. The largest absolute Gasteiger partial charge is 0.352 e. The first-order chi connectivity index (χ1) is 7.06. The number of aromatic amines is 1. The van der Waals surface area contributed by atoms with Crippen LogP contribution < -0.4 is 11.4 Å². The first-order valence-corrected chi connectivity index (χ1v) is 5.37. The molecule has 1 N–H and O–H groups in total. The first kappa shape index (κ1) is 10.0. The normalized spacial score (nSPS) is 11.4. The molecule has 2 aromatic rings. The van der Waals surface area contributed by atoms with Crippen molar-refractivity contribution >= 4 is 16.3 Å². The van der Waals surface area contributed by atoms with Crippen LogP contribution in [0.2, 0.25) is 0 Å². The Kier molecular flexibility index (Phi) is 2.39. The highest BCUT2D eigenvalue weighted by Crippen LogP contribution is 2.13. The van der Waals surface area contributed by atoms with Gasteiger partial charge in [-0.1, -0.05) is 25.2 Å². The van der Waals surface area contributed by atoms with Crippen molar-refractivity contribution in [1.29, 1.82) is 0 Å². The lowest BCUT2D eigenvalue weighted by Gasteiger charge is -1.96. The van der Waals surface area contributed by atoms with Crippen molar-refractivity contribution in [3.05, 3.63) is 26.0 Å². The summed E-state index contributed by atoms with van der Waals surface area (Å²) in [5.74, 6) is 0.456. The summed E-state index contributed by atoms with van der Waals surface area (Å²) in [6.07, 6.45) is 0.779. The maximum absolute atomic E-state index is 11.3. The van der Waals surface area contributed by atoms with Crippen LogP contribution >= 0.6 is 11.3 Å². The lowest BCUT2D eigenvalue weighted by atomic mass is 10.1. The molecule has 0 spiro atoms. The van der Waals surface area contributed by atoms with Gasteiger partial charge in [0.15, 0.2) is 0 Å². The molecule has 15 heavy (non-hydrogen) atoms. The molecular weight excluding hydrogens is 216 g/mol. The second-order valence-corrected chi connectivity index (χ2v) is 4.68. The van der Waals surface area contributed by atoms with Crippen molar-refractivity contribution in [3.8, 4) is 0 Å². The molecule has 0 unspecified atom stereocenters. The number of rotatable bonds is 2. The van der Waals surface area contributed by atoms with Gasteiger partial charge in [-0.15, -0.1) is 0 Å². The van der Waals surface area contributed by atoms with Crippen LogP contribution in [0.1, 0.15) is 18.9 Å². The molecule has 0 saturated heterocycles. The standard InChI is InChI=1S/C8H10N4O2S/c1-4(2)3-5-11-12-7(14)9-6(13)10-8(12)15-5/h4H,3H2,1-2H3,(H,9,13,14). The topological polar surface area (TPSA) is 80.1 Å². The highest BCUT2D eigenvalue weighted by atomic mass is 32.1. The molecule has 0 aliphatic heterocycles. The monoisotopic (exact) mass is 226 g/mol. The van der Waals surface area contributed by atoms with Crippen LogP contribution in [0, 0.1) is 5.92 Å². The Morgan fingerprint density at radius 3 is 2.87 bits per heavy atom. The Hall–Kier alpha value is -1.50. The predicted molar refractivity (Wildman–Crippen MR) is 56.3 cm³/mol. The molecule has 0 aliphatic carbocycles. The highest BCUT2D eigenvalue weighted by molar-refractivity contribution is 7.16. The molecule has 6 nitrogen and oxygen atoms in total. The number of nitrogens with one attached hydrogen (secondary N) is 1. The molecule has 0 fully saturated rings. The lowest BCUT2D eigenvalue weighted by Crippen LogP contribution is -2.28. The minimum atomic E-state index is -0.625. The van der Waals surface area contributed by atoms with E-state index in [4.69, 9.17) is 0 Å². The van der Waals surface area contributed by atoms with Gasteiger partial charge in [0.25, 0.3) is 0 Å². The van der Waals surface area contributed by atoms with E-state index in [1.807, 2.05) is 0 Å². The Morgan fingerprint density at radius 1 is 1.47 bits per heavy atom. The molecule has 0 radical (unpaired) electrons. The molecule has 2 aromatic heterocycles. The summed E-state index contributed by atoms with van der Waals surface area (Å²) in [5.41, 5.74) is -1.16. The highest BCUT2D eigenvalue weighted by Gasteiger charge is 2.08. The van der Waals surface area contributed by atoms with Crippen LogP contribution in [-0.2, 0) is 6.42 Å². The Labute approximate surface area is 88.6 Å². The zero-order valence-electron chi connectivity index (χ0n) is 8.35. The fourth-order valence-electron chi connectivity index (χ4n) is 1.22. The molecule has 0 amide bonds. The average molecular weight is 226 g/mol. The van der Waals surface area contributed by atoms with E-state index < -0.39 is 11.4 Å². The van der Waals surface area contributed by atoms with Crippen molar-refractivity contribution in [1.82, 2.24) is 19.6 Å². The van der Waals surface area contributed by atoms with Gasteiger partial charge in [-0.2, -0.15) is 14.6 Å². The first-order valence-electron chi connectivity index (χ1n) is 4.55. The predicted octanol–water partition coefficient (Wildman–Crippen LogP) is 0.0378. The molecule has 80 valence electrons. The maximum atomic E-state index is 11.3. The molecule has 2 rings (SSSR count). The molecule has 7 heteroatoms. The number of hydrogen-bond acceptors (Lipinski definition) is 5. The number of fused-ring (bicyclic) bond motifs is 1. The molecular formula is C8H10N4O2S. The SMILES string of the molecule is CC(C)Cc1nn2c(=O)[nH]c(=O)nc2s1. The van der Waals surface area contributed by atoms with Crippen LogP contribution in [0.15, 0.2) is 9.59 Å². The Bertz CT molecular complexity index is 594. The van der Waals surface area contributed by atoms with Crippen molar-refractivity contribution in [3.63, 3.8) is 0 Å². The van der Waals surface area contributed by atoms with E-state index in [0.717, 1.165) is 15.9 Å². The van der Waals surface area contributed by atoms with E-state index in [-0.39, 0.29) is 0 Å². The molecule has 2 heterocycles. The summed E-state index contributed by atoms with van der Waals surface area (Å²) in [6, 6.07) is 0. The summed E-state index contributed by atoms with van der Waals surface area (Å²) >= 11 is 1.27. The third-order valence-corrected chi connectivity index (χ3v) is 2.72. The van der Waals surface area contributed by atoms with Crippen LogP contribution in [-0.4, -0.2) is 19.6 Å². The molecule has 0 atom stereocenters. The fraction of sp³-hybridized carbons (Fsp3) is 0.500. The van der Waals surface area contributed by atoms with Crippen molar-refractivity contribution in [2.24, 2.45) is 5.92 Å². The van der Waals surface area contributed by atoms with Gasteiger partial charge in [-0.25, -0.2) is 9.59 Å². The summed E-state index contributed by atoms with van der Waals surface area (Å²) in [6.45, 7) is 4.13. The zero-order valence-corrected chi connectivity index (χ0v) is 9.17. The maximum Gasteiger partial charge on any atom is 0.352 e. The van der Waals surface area contributed by atoms with Crippen LogP contribution in [0.4, 0.5) is 0 Å². The van der Waals surface area contributed by atoms with E-state index in [2.05, 4.69) is 28.9 Å². The second-order valence-electron chi connectivity index (χ2n) is 3.64. The van der Waals surface area contributed by atoms with Gasteiger partial charge in [-0.05, 0) is 5.92 Å². The number of H-pyrrole nitrogens is 1. The van der Waals surface area contributed by atoms with E-state index in [1.165, 1.54) is 11.3 Å². The molecule has 0 aliphatic rings. The van der Waals surface area contributed by atoms with Crippen molar-refractivity contribution in [2.45, 2.75) is 20.3 Å². The van der Waals surface area contributed by atoms with Crippen LogP contribution in [0.25, 0.3) is 4.96 Å². The smallest absolute Gasteiger partial charge is 0.256 e. The average Bonchev–Trinajstić information content (AvgIpc) is 2.45. The fourth-order valence-corrected chi connectivity index (χ4v) is 2.31. The van der Waals surface area contributed by atoms with Crippen LogP contribution in [0.5, 0.6) is 0 Å². The summed E-state index contributed by atoms with van der Waals surface area (Å²) in [5, 5.41) is 4.90. The number of aromatic nitrogens is 4. The number of hydrogen-bond donors (Lipinski definition) is 1. The van der Waals surface area contributed by atoms with E-state index in [0.29, 0.717) is 10.9 Å². The second kappa shape index (κ2) is 3.58. The minimum absolute atomic E-state index is 0.347. The van der Waals surface area contributed by atoms with E-state index in [1.54, 1.807) is 0 Å². The van der Waals surface area contributed by atoms with Gasteiger partial charge in [-0.3, -0.25) is 4.98 Å².